The zero-order valence-corrected chi connectivity index (χ0v) is 12.3. The van der Waals surface area contributed by atoms with E-state index in [-0.39, 0.29) is 5.82 Å². The number of nitrogens with zero attached hydrogens (tertiary/aromatic N) is 1. The van der Waals surface area contributed by atoms with Crippen molar-refractivity contribution in [1.82, 2.24) is 4.98 Å². The highest BCUT2D eigenvalue weighted by Gasteiger charge is 2.16. The molecule has 102 valence electrons. The second-order valence-electron chi connectivity index (χ2n) is 4.64. The summed E-state index contributed by atoms with van der Waals surface area (Å²) in [6.45, 7) is 1.92. The predicted octanol–water partition coefficient (Wildman–Crippen LogP) is 4.09. The molecule has 0 saturated carbocycles. The molecule has 3 nitrogen and oxygen atoms in total. The van der Waals surface area contributed by atoms with Crippen molar-refractivity contribution in [3.05, 3.63) is 63.7 Å². The Morgan fingerprint density at radius 1 is 1.25 bits per heavy atom. The molecule has 3 aromatic rings. The zero-order valence-electron chi connectivity index (χ0n) is 10.7. The Balaban J connectivity index is 2.02. The number of furan rings is 1. The predicted molar refractivity (Wildman–Crippen MR) is 78.9 cm³/mol. The standard InChI is InChI=1S/C15H12BrFN2O/c1-8-2-5-13-12(19-8)7-14(20-13)15(18)9-3-4-11(17)10(16)6-9/h2-7,15H,18H2,1H3. The van der Waals surface area contributed by atoms with Crippen LogP contribution in [0.5, 0.6) is 0 Å². The molecule has 2 aromatic heterocycles. The highest BCUT2D eigenvalue weighted by molar-refractivity contribution is 9.10. The van der Waals surface area contributed by atoms with Gasteiger partial charge in [-0.05, 0) is 52.7 Å². The second-order valence-corrected chi connectivity index (χ2v) is 5.49. The zero-order chi connectivity index (χ0) is 14.3. The van der Waals surface area contributed by atoms with Crippen LogP contribution in [0.3, 0.4) is 0 Å². The molecule has 2 N–H and O–H groups in total. The third kappa shape index (κ3) is 2.34. The topological polar surface area (TPSA) is 52.0 Å². The lowest BCUT2D eigenvalue weighted by Gasteiger charge is -2.09. The average molecular weight is 335 g/mol. The number of rotatable bonds is 2. The molecule has 0 aliphatic heterocycles. The fourth-order valence-corrected chi connectivity index (χ4v) is 2.46. The van der Waals surface area contributed by atoms with Crippen LogP contribution < -0.4 is 5.73 Å². The number of benzene rings is 1. The molecule has 20 heavy (non-hydrogen) atoms. The minimum Gasteiger partial charge on any atom is -0.457 e. The van der Waals surface area contributed by atoms with Crippen molar-refractivity contribution in [1.29, 1.82) is 0 Å². The van der Waals surface area contributed by atoms with Crippen LogP contribution >= 0.6 is 15.9 Å². The second kappa shape index (κ2) is 5.00. The molecule has 0 saturated heterocycles. The first-order valence-electron chi connectivity index (χ1n) is 6.12. The summed E-state index contributed by atoms with van der Waals surface area (Å²) in [6, 6.07) is 9.81. The monoisotopic (exact) mass is 334 g/mol. The minimum absolute atomic E-state index is 0.317. The maximum absolute atomic E-state index is 13.3. The molecular weight excluding hydrogens is 323 g/mol. The average Bonchev–Trinajstić information content (AvgIpc) is 2.84. The van der Waals surface area contributed by atoms with Gasteiger partial charge >= 0.3 is 0 Å². The molecule has 0 aliphatic carbocycles. The van der Waals surface area contributed by atoms with E-state index >= 15 is 0 Å². The van der Waals surface area contributed by atoms with Gasteiger partial charge in [-0.2, -0.15) is 0 Å². The molecular formula is C15H12BrFN2O. The largest absolute Gasteiger partial charge is 0.457 e. The van der Waals surface area contributed by atoms with Gasteiger partial charge in [-0.1, -0.05) is 6.07 Å². The molecule has 0 aliphatic rings. The van der Waals surface area contributed by atoms with Gasteiger partial charge in [0, 0.05) is 11.8 Å². The molecule has 0 radical (unpaired) electrons. The summed E-state index contributed by atoms with van der Waals surface area (Å²) in [5.74, 6) is 0.291. The van der Waals surface area contributed by atoms with Crippen LogP contribution in [0.2, 0.25) is 0 Å². The Bertz CT molecular complexity index is 785. The van der Waals surface area contributed by atoms with Gasteiger partial charge in [0.25, 0.3) is 0 Å². The number of pyridine rings is 1. The van der Waals surface area contributed by atoms with Crippen molar-refractivity contribution in [2.45, 2.75) is 13.0 Å². The van der Waals surface area contributed by atoms with Gasteiger partial charge in [0.2, 0.25) is 0 Å². The summed E-state index contributed by atoms with van der Waals surface area (Å²) in [5, 5.41) is 0. The lowest BCUT2D eigenvalue weighted by Crippen LogP contribution is -2.10. The van der Waals surface area contributed by atoms with E-state index in [9.17, 15) is 4.39 Å². The van der Waals surface area contributed by atoms with Gasteiger partial charge in [0.15, 0.2) is 5.58 Å². The van der Waals surface area contributed by atoms with E-state index in [0.29, 0.717) is 15.8 Å². The van der Waals surface area contributed by atoms with Crippen LogP contribution in [0.15, 0.2) is 45.3 Å². The molecule has 0 amide bonds. The molecule has 2 heterocycles. The van der Waals surface area contributed by atoms with Crippen molar-refractivity contribution in [2.24, 2.45) is 5.73 Å². The maximum atomic E-state index is 13.3. The van der Waals surface area contributed by atoms with Crippen LogP contribution in [-0.2, 0) is 0 Å². The molecule has 1 unspecified atom stereocenters. The molecule has 3 rings (SSSR count). The van der Waals surface area contributed by atoms with Crippen molar-refractivity contribution in [3.8, 4) is 0 Å². The first-order chi connectivity index (χ1) is 9.54. The molecule has 1 aromatic carbocycles. The Hall–Kier alpha value is -1.72. The van der Waals surface area contributed by atoms with Crippen LogP contribution in [-0.4, -0.2) is 4.98 Å². The van der Waals surface area contributed by atoms with E-state index in [4.69, 9.17) is 10.2 Å². The van der Waals surface area contributed by atoms with Crippen LogP contribution in [0.25, 0.3) is 11.1 Å². The van der Waals surface area contributed by atoms with E-state index < -0.39 is 6.04 Å². The van der Waals surface area contributed by atoms with Crippen molar-refractivity contribution in [2.75, 3.05) is 0 Å². The highest BCUT2D eigenvalue weighted by atomic mass is 79.9. The van der Waals surface area contributed by atoms with E-state index in [1.165, 1.54) is 6.07 Å². The van der Waals surface area contributed by atoms with E-state index in [1.807, 2.05) is 25.1 Å². The summed E-state index contributed by atoms with van der Waals surface area (Å²) in [5.41, 5.74) is 9.34. The Kier molecular flexibility index (Phi) is 3.31. The Morgan fingerprint density at radius 2 is 2.05 bits per heavy atom. The summed E-state index contributed by atoms with van der Waals surface area (Å²) in [7, 11) is 0. The number of nitrogens with two attached hydrogens (primary N) is 1. The van der Waals surface area contributed by atoms with Gasteiger partial charge < -0.3 is 10.2 Å². The lowest BCUT2D eigenvalue weighted by atomic mass is 10.1. The summed E-state index contributed by atoms with van der Waals surface area (Å²) in [6.07, 6.45) is 0. The van der Waals surface area contributed by atoms with Gasteiger partial charge in [0.1, 0.15) is 17.1 Å². The number of fused-ring (bicyclic) bond motifs is 1. The van der Waals surface area contributed by atoms with Gasteiger partial charge in [-0.25, -0.2) is 9.37 Å². The third-order valence-corrected chi connectivity index (χ3v) is 3.75. The van der Waals surface area contributed by atoms with Crippen LogP contribution in [0.1, 0.15) is 23.1 Å². The normalized spacial score (nSPS) is 12.8. The lowest BCUT2D eigenvalue weighted by molar-refractivity contribution is 0.524. The minimum atomic E-state index is -0.457. The van der Waals surface area contributed by atoms with Crippen LogP contribution in [0.4, 0.5) is 4.39 Å². The number of aryl methyl sites for hydroxylation is 1. The summed E-state index contributed by atoms with van der Waals surface area (Å²) >= 11 is 3.16. The SMILES string of the molecule is Cc1ccc2oc(C(N)c3ccc(F)c(Br)c3)cc2n1. The number of hydrogen-bond acceptors (Lipinski definition) is 3. The smallest absolute Gasteiger partial charge is 0.152 e. The third-order valence-electron chi connectivity index (χ3n) is 3.14. The van der Waals surface area contributed by atoms with E-state index in [1.54, 1.807) is 12.1 Å². The molecule has 5 heteroatoms. The van der Waals surface area contributed by atoms with Crippen molar-refractivity contribution in [3.63, 3.8) is 0 Å². The first kappa shape index (κ1) is 13.3. The number of aromatic nitrogens is 1. The molecule has 0 bridgehead atoms. The maximum Gasteiger partial charge on any atom is 0.152 e. The fourth-order valence-electron chi connectivity index (χ4n) is 2.07. The molecule has 1 atom stereocenters. The van der Waals surface area contributed by atoms with Gasteiger partial charge in [0.05, 0.1) is 10.5 Å². The number of hydrogen-bond donors (Lipinski definition) is 1. The van der Waals surface area contributed by atoms with Gasteiger partial charge in [-0.15, -0.1) is 0 Å². The molecule has 0 spiro atoms. The Labute approximate surface area is 123 Å². The quantitative estimate of drug-likeness (QED) is 0.768. The summed E-state index contributed by atoms with van der Waals surface area (Å²) < 4.78 is 19.4. The first-order valence-corrected chi connectivity index (χ1v) is 6.91. The number of halogens is 2. The van der Waals surface area contributed by atoms with Crippen molar-refractivity contribution >= 4 is 27.0 Å². The van der Waals surface area contributed by atoms with Gasteiger partial charge in [-0.3, -0.25) is 0 Å². The summed E-state index contributed by atoms with van der Waals surface area (Å²) in [4.78, 5) is 4.39. The van der Waals surface area contributed by atoms with E-state index in [0.717, 1.165) is 16.8 Å². The Morgan fingerprint density at radius 3 is 2.80 bits per heavy atom. The van der Waals surface area contributed by atoms with Crippen LogP contribution in [0, 0.1) is 12.7 Å². The fraction of sp³-hybridized carbons (Fsp3) is 0.133. The van der Waals surface area contributed by atoms with Crippen molar-refractivity contribution < 1.29 is 8.81 Å². The highest BCUT2D eigenvalue weighted by Crippen LogP contribution is 2.28. The van der Waals surface area contributed by atoms with E-state index in [2.05, 4.69) is 20.9 Å². The molecule has 0 fully saturated rings.